The minimum Gasteiger partial charge on any atom is -0.497 e. The van der Waals surface area contributed by atoms with E-state index in [4.69, 9.17) is 9.47 Å². The maximum Gasteiger partial charge on any atom is 0.254 e. The molecular weight excluding hydrogens is 366 g/mol. The summed E-state index contributed by atoms with van der Waals surface area (Å²) in [7, 11) is 3.27. The number of rotatable bonds is 8. The van der Waals surface area contributed by atoms with E-state index < -0.39 is 0 Å². The molecule has 0 radical (unpaired) electrons. The van der Waals surface area contributed by atoms with E-state index >= 15 is 0 Å². The lowest BCUT2D eigenvalue weighted by Gasteiger charge is -2.23. The van der Waals surface area contributed by atoms with E-state index in [0.29, 0.717) is 24.4 Å². The molecule has 0 atom stereocenters. The third kappa shape index (κ3) is 4.42. The number of ether oxygens (including phenoxy) is 2. The summed E-state index contributed by atoms with van der Waals surface area (Å²) >= 11 is 0. The Kier molecular flexibility index (Phi) is 5.51. The molecule has 1 amide bonds. The SMILES string of the molecule is COc1cccc(Cn2ccnc2CN(C(=O)c2cccc(OC)c2)C2CC2)c1. The molecule has 4 rings (SSSR count). The van der Waals surface area contributed by atoms with Crippen LogP contribution in [0.1, 0.15) is 34.6 Å². The molecule has 1 fully saturated rings. The lowest BCUT2D eigenvalue weighted by atomic mass is 10.2. The van der Waals surface area contributed by atoms with Gasteiger partial charge in [-0.15, -0.1) is 0 Å². The van der Waals surface area contributed by atoms with Crippen molar-refractivity contribution in [1.29, 1.82) is 0 Å². The molecule has 6 nitrogen and oxygen atoms in total. The van der Waals surface area contributed by atoms with Gasteiger partial charge < -0.3 is 18.9 Å². The fraction of sp³-hybridized carbons (Fsp3) is 0.304. The summed E-state index contributed by atoms with van der Waals surface area (Å²) in [6.07, 6.45) is 5.81. The molecule has 1 aliphatic rings. The highest BCUT2D eigenvalue weighted by atomic mass is 16.5. The first kappa shape index (κ1) is 19.1. The van der Waals surface area contributed by atoms with Gasteiger partial charge in [0.05, 0.1) is 20.8 Å². The number of benzene rings is 2. The predicted octanol–water partition coefficient (Wildman–Crippen LogP) is 3.75. The van der Waals surface area contributed by atoms with Crippen molar-refractivity contribution in [2.45, 2.75) is 32.0 Å². The van der Waals surface area contributed by atoms with Gasteiger partial charge in [-0.3, -0.25) is 4.79 Å². The van der Waals surface area contributed by atoms with Crippen molar-refractivity contribution in [3.63, 3.8) is 0 Å². The van der Waals surface area contributed by atoms with Gasteiger partial charge in [-0.25, -0.2) is 4.98 Å². The van der Waals surface area contributed by atoms with E-state index in [-0.39, 0.29) is 11.9 Å². The molecule has 1 aromatic heterocycles. The molecule has 1 aliphatic carbocycles. The van der Waals surface area contributed by atoms with Crippen LogP contribution in [0.25, 0.3) is 0 Å². The Hall–Kier alpha value is -3.28. The summed E-state index contributed by atoms with van der Waals surface area (Å²) in [6.45, 7) is 1.16. The number of amides is 1. The lowest BCUT2D eigenvalue weighted by molar-refractivity contribution is 0.0723. The molecular formula is C23H25N3O3. The number of imidazole rings is 1. The van der Waals surface area contributed by atoms with Crippen molar-refractivity contribution in [2.75, 3.05) is 14.2 Å². The quantitative estimate of drug-likeness (QED) is 0.587. The number of nitrogens with zero attached hydrogens (tertiary/aromatic N) is 3. The van der Waals surface area contributed by atoms with Crippen LogP contribution in [0.3, 0.4) is 0 Å². The van der Waals surface area contributed by atoms with Gasteiger partial charge in [0, 0.05) is 30.5 Å². The standard InChI is InChI=1S/C23H25N3O3/c1-28-20-7-3-5-17(13-20)15-25-12-11-24-22(25)16-26(19-9-10-19)23(27)18-6-4-8-21(14-18)29-2/h3-8,11-14,19H,9-10,15-16H2,1-2H3. The van der Waals surface area contributed by atoms with Gasteiger partial charge in [0.1, 0.15) is 17.3 Å². The van der Waals surface area contributed by atoms with Crippen molar-refractivity contribution < 1.29 is 14.3 Å². The summed E-state index contributed by atoms with van der Waals surface area (Å²) in [5.41, 5.74) is 1.77. The zero-order valence-corrected chi connectivity index (χ0v) is 16.7. The second-order valence-corrected chi connectivity index (χ2v) is 7.22. The Morgan fingerprint density at radius 3 is 2.55 bits per heavy atom. The predicted molar refractivity (Wildman–Crippen MR) is 110 cm³/mol. The Bertz CT molecular complexity index is 994. The Morgan fingerprint density at radius 1 is 1.10 bits per heavy atom. The Balaban J connectivity index is 1.54. The highest BCUT2D eigenvalue weighted by Gasteiger charge is 2.34. The van der Waals surface area contributed by atoms with Crippen LogP contribution in [-0.4, -0.2) is 40.6 Å². The van der Waals surface area contributed by atoms with E-state index in [1.54, 1.807) is 26.5 Å². The van der Waals surface area contributed by atoms with E-state index in [1.165, 1.54) is 0 Å². The van der Waals surface area contributed by atoms with Crippen molar-refractivity contribution in [3.8, 4) is 11.5 Å². The molecule has 6 heteroatoms. The van der Waals surface area contributed by atoms with Crippen LogP contribution in [0.4, 0.5) is 0 Å². The molecule has 0 N–H and O–H groups in total. The monoisotopic (exact) mass is 391 g/mol. The average Bonchev–Trinajstić information content (AvgIpc) is 3.52. The molecule has 0 spiro atoms. The van der Waals surface area contributed by atoms with Crippen LogP contribution in [0.15, 0.2) is 60.9 Å². The highest BCUT2D eigenvalue weighted by molar-refractivity contribution is 5.95. The third-order valence-corrected chi connectivity index (χ3v) is 5.17. The molecule has 150 valence electrons. The average molecular weight is 391 g/mol. The Morgan fingerprint density at radius 2 is 1.83 bits per heavy atom. The smallest absolute Gasteiger partial charge is 0.254 e. The zero-order chi connectivity index (χ0) is 20.2. The normalized spacial score (nSPS) is 13.2. The minimum atomic E-state index is 0.0160. The molecule has 1 heterocycles. The van der Waals surface area contributed by atoms with E-state index in [0.717, 1.165) is 30.0 Å². The maximum absolute atomic E-state index is 13.2. The Labute approximate surface area is 170 Å². The van der Waals surface area contributed by atoms with Gasteiger partial charge in [-0.05, 0) is 48.7 Å². The molecule has 3 aromatic rings. The maximum atomic E-state index is 13.2. The molecule has 0 saturated heterocycles. The van der Waals surface area contributed by atoms with Crippen LogP contribution in [0.5, 0.6) is 11.5 Å². The fourth-order valence-corrected chi connectivity index (χ4v) is 3.43. The minimum absolute atomic E-state index is 0.0160. The first-order valence-corrected chi connectivity index (χ1v) is 9.76. The highest BCUT2D eigenvalue weighted by Crippen LogP contribution is 2.30. The number of hydrogen-bond acceptors (Lipinski definition) is 4. The number of carbonyl (C=O) groups excluding carboxylic acids is 1. The van der Waals surface area contributed by atoms with Crippen molar-refractivity contribution in [2.24, 2.45) is 0 Å². The second-order valence-electron chi connectivity index (χ2n) is 7.22. The summed E-state index contributed by atoms with van der Waals surface area (Å²) in [6, 6.07) is 15.6. The molecule has 0 bridgehead atoms. The number of hydrogen-bond donors (Lipinski definition) is 0. The third-order valence-electron chi connectivity index (χ3n) is 5.17. The van der Waals surface area contributed by atoms with Gasteiger partial charge in [-0.1, -0.05) is 18.2 Å². The molecule has 0 unspecified atom stereocenters. The summed E-state index contributed by atoms with van der Waals surface area (Å²) in [5, 5.41) is 0. The summed E-state index contributed by atoms with van der Waals surface area (Å²) in [5.74, 6) is 2.40. The van der Waals surface area contributed by atoms with Gasteiger partial charge in [0.2, 0.25) is 0 Å². The van der Waals surface area contributed by atoms with Crippen LogP contribution in [0.2, 0.25) is 0 Å². The van der Waals surface area contributed by atoms with Crippen LogP contribution < -0.4 is 9.47 Å². The first-order chi connectivity index (χ1) is 14.2. The summed E-state index contributed by atoms with van der Waals surface area (Å²) < 4.78 is 12.7. The topological polar surface area (TPSA) is 56.6 Å². The van der Waals surface area contributed by atoms with Crippen LogP contribution in [0, 0.1) is 0 Å². The van der Waals surface area contributed by atoms with Crippen LogP contribution >= 0.6 is 0 Å². The first-order valence-electron chi connectivity index (χ1n) is 9.76. The van der Waals surface area contributed by atoms with E-state index in [9.17, 15) is 4.79 Å². The van der Waals surface area contributed by atoms with Gasteiger partial charge in [-0.2, -0.15) is 0 Å². The van der Waals surface area contributed by atoms with Gasteiger partial charge in [0.25, 0.3) is 5.91 Å². The summed E-state index contributed by atoms with van der Waals surface area (Å²) in [4.78, 5) is 19.6. The van der Waals surface area contributed by atoms with Gasteiger partial charge in [0.15, 0.2) is 0 Å². The molecule has 1 saturated carbocycles. The largest absolute Gasteiger partial charge is 0.497 e. The van der Waals surface area contributed by atoms with Crippen LogP contribution in [-0.2, 0) is 13.1 Å². The van der Waals surface area contributed by atoms with E-state index in [2.05, 4.69) is 15.6 Å². The molecule has 2 aromatic carbocycles. The number of methoxy groups -OCH3 is 2. The second kappa shape index (κ2) is 8.39. The van der Waals surface area contributed by atoms with Crippen molar-refractivity contribution in [1.82, 2.24) is 14.5 Å². The molecule has 29 heavy (non-hydrogen) atoms. The fourth-order valence-electron chi connectivity index (χ4n) is 3.43. The molecule has 0 aliphatic heterocycles. The van der Waals surface area contributed by atoms with Gasteiger partial charge >= 0.3 is 0 Å². The van der Waals surface area contributed by atoms with Crippen molar-refractivity contribution in [3.05, 3.63) is 77.9 Å². The van der Waals surface area contributed by atoms with Crippen molar-refractivity contribution >= 4 is 5.91 Å². The van der Waals surface area contributed by atoms with E-state index in [1.807, 2.05) is 47.5 Å². The number of carbonyl (C=O) groups is 1. The zero-order valence-electron chi connectivity index (χ0n) is 16.7. The lowest BCUT2D eigenvalue weighted by Crippen LogP contribution is -2.33. The number of aromatic nitrogens is 2.